The highest BCUT2D eigenvalue weighted by Crippen LogP contribution is 2.23. The summed E-state index contributed by atoms with van der Waals surface area (Å²) in [6, 6.07) is 13.2. The van der Waals surface area contributed by atoms with E-state index in [2.05, 4.69) is 0 Å². The molecule has 0 amide bonds. The number of furan rings is 1. The molecule has 0 N–H and O–H groups in total. The van der Waals surface area contributed by atoms with Crippen LogP contribution in [0.1, 0.15) is 31.3 Å². The molecule has 3 aromatic rings. The number of carbonyl (C=O) groups is 3. The monoisotopic (exact) mass is 418 g/mol. The number of rotatable bonds is 6. The van der Waals surface area contributed by atoms with E-state index in [-0.39, 0.29) is 22.1 Å². The highest BCUT2D eigenvalue weighted by atomic mass is 35.5. The maximum Gasteiger partial charge on any atom is 0.374 e. The summed E-state index contributed by atoms with van der Waals surface area (Å²) in [5.74, 6) is -1.52. The first-order chi connectivity index (χ1) is 13.4. The van der Waals surface area contributed by atoms with Crippen LogP contribution in [0.4, 0.5) is 0 Å². The Hall–Kier alpha value is -3.09. The molecule has 0 aliphatic rings. The van der Waals surface area contributed by atoms with Gasteiger partial charge in [0.2, 0.25) is 5.76 Å². The van der Waals surface area contributed by atoms with Crippen LogP contribution in [0.15, 0.2) is 65.3 Å². The number of ketones is 1. The Labute approximate surface area is 169 Å². The molecular weight excluding hydrogens is 407 g/mol. The molecule has 0 fully saturated rings. The van der Waals surface area contributed by atoms with Crippen LogP contribution in [0, 0.1) is 0 Å². The van der Waals surface area contributed by atoms with Gasteiger partial charge in [0.05, 0.1) is 21.9 Å². The molecule has 0 radical (unpaired) electrons. The van der Waals surface area contributed by atoms with E-state index in [0.717, 1.165) is 0 Å². The molecule has 0 bridgehead atoms. The van der Waals surface area contributed by atoms with Crippen LogP contribution in [0.5, 0.6) is 5.75 Å². The number of benzene rings is 2. The summed E-state index contributed by atoms with van der Waals surface area (Å²) in [6.07, 6.45) is 1.33. The molecular formula is C20H12Cl2O6. The molecule has 142 valence electrons. The third-order valence-electron chi connectivity index (χ3n) is 3.60. The molecule has 0 aliphatic carbocycles. The third-order valence-corrected chi connectivity index (χ3v) is 4.34. The van der Waals surface area contributed by atoms with E-state index in [4.69, 9.17) is 37.1 Å². The molecule has 0 unspecified atom stereocenters. The molecule has 1 heterocycles. The Morgan fingerprint density at radius 2 is 1.57 bits per heavy atom. The fourth-order valence-corrected chi connectivity index (χ4v) is 2.48. The molecule has 1 aromatic heterocycles. The van der Waals surface area contributed by atoms with Crippen LogP contribution in [-0.4, -0.2) is 24.3 Å². The van der Waals surface area contributed by atoms with Crippen molar-refractivity contribution in [3.8, 4) is 5.75 Å². The van der Waals surface area contributed by atoms with Gasteiger partial charge in [-0.1, -0.05) is 23.2 Å². The van der Waals surface area contributed by atoms with Gasteiger partial charge in [0.1, 0.15) is 5.75 Å². The first-order valence-electron chi connectivity index (χ1n) is 7.95. The molecule has 0 saturated heterocycles. The van der Waals surface area contributed by atoms with E-state index >= 15 is 0 Å². The maximum absolute atomic E-state index is 12.1. The number of Topliss-reactive ketones (excluding diaryl/α,β-unsaturated/α-hetero) is 1. The summed E-state index contributed by atoms with van der Waals surface area (Å²) in [4.78, 5) is 35.9. The van der Waals surface area contributed by atoms with Crippen molar-refractivity contribution in [2.75, 3.05) is 6.61 Å². The van der Waals surface area contributed by atoms with Crippen molar-refractivity contribution < 1.29 is 28.3 Å². The van der Waals surface area contributed by atoms with Crippen molar-refractivity contribution in [3.63, 3.8) is 0 Å². The predicted octanol–water partition coefficient (Wildman–Crippen LogP) is 4.85. The predicted molar refractivity (Wildman–Crippen MR) is 101 cm³/mol. The number of carbonyl (C=O) groups excluding carboxylic acids is 3. The van der Waals surface area contributed by atoms with Crippen LogP contribution < -0.4 is 4.74 Å². The minimum atomic E-state index is -0.731. The minimum Gasteiger partial charge on any atom is -0.457 e. The maximum atomic E-state index is 12.1. The number of hydrogen-bond donors (Lipinski definition) is 0. The molecule has 0 atom stereocenters. The summed E-state index contributed by atoms with van der Waals surface area (Å²) in [6.45, 7) is -0.443. The number of halogens is 2. The van der Waals surface area contributed by atoms with Gasteiger partial charge in [-0.3, -0.25) is 4.79 Å². The fourth-order valence-electron chi connectivity index (χ4n) is 2.18. The van der Waals surface area contributed by atoms with Gasteiger partial charge in [0, 0.05) is 5.56 Å². The minimum absolute atomic E-state index is 0.0114. The fraction of sp³-hybridized carbons (Fsp3) is 0.0500. The Morgan fingerprint density at radius 3 is 2.21 bits per heavy atom. The summed E-state index contributed by atoms with van der Waals surface area (Å²) in [7, 11) is 0. The van der Waals surface area contributed by atoms with Crippen molar-refractivity contribution >= 4 is 40.9 Å². The smallest absolute Gasteiger partial charge is 0.374 e. The molecule has 0 aliphatic heterocycles. The first kappa shape index (κ1) is 19.7. The standard InChI is InChI=1S/C20H12Cl2O6/c21-15-8-5-13(10-16(15)22)19(24)28-14-6-3-12(4-7-14)17(23)11-27-20(25)18-2-1-9-26-18/h1-10H,11H2. The van der Waals surface area contributed by atoms with E-state index in [0.29, 0.717) is 10.6 Å². The highest BCUT2D eigenvalue weighted by molar-refractivity contribution is 6.42. The lowest BCUT2D eigenvalue weighted by Gasteiger charge is -2.07. The van der Waals surface area contributed by atoms with Crippen molar-refractivity contribution in [1.29, 1.82) is 0 Å². The molecule has 3 rings (SSSR count). The molecule has 0 saturated carbocycles. The van der Waals surface area contributed by atoms with Gasteiger partial charge in [-0.05, 0) is 54.6 Å². The Bertz CT molecular complexity index is 1010. The van der Waals surface area contributed by atoms with Gasteiger partial charge >= 0.3 is 11.9 Å². The van der Waals surface area contributed by atoms with Gasteiger partial charge in [-0.25, -0.2) is 9.59 Å². The number of hydrogen-bond acceptors (Lipinski definition) is 6. The number of ether oxygens (including phenoxy) is 2. The van der Waals surface area contributed by atoms with Gasteiger partial charge in [0.15, 0.2) is 12.4 Å². The highest BCUT2D eigenvalue weighted by Gasteiger charge is 2.15. The topological polar surface area (TPSA) is 82.8 Å². The normalized spacial score (nSPS) is 10.4. The van der Waals surface area contributed by atoms with Crippen LogP contribution >= 0.6 is 23.2 Å². The molecule has 6 nitrogen and oxygen atoms in total. The third kappa shape index (κ3) is 4.79. The summed E-state index contributed by atoms with van der Waals surface area (Å²) >= 11 is 11.7. The Kier molecular flexibility index (Phi) is 6.13. The molecule has 2 aromatic carbocycles. The second-order valence-electron chi connectivity index (χ2n) is 5.52. The van der Waals surface area contributed by atoms with E-state index in [1.807, 2.05) is 0 Å². The van der Waals surface area contributed by atoms with E-state index in [1.54, 1.807) is 0 Å². The van der Waals surface area contributed by atoms with Crippen LogP contribution in [0.3, 0.4) is 0 Å². The van der Waals surface area contributed by atoms with E-state index in [1.165, 1.54) is 60.9 Å². The molecule has 28 heavy (non-hydrogen) atoms. The summed E-state index contributed by atoms with van der Waals surface area (Å²) < 4.78 is 15.0. The quantitative estimate of drug-likeness (QED) is 0.323. The molecule has 0 spiro atoms. The SMILES string of the molecule is O=C(COC(=O)c1ccco1)c1ccc(OC(=O)c2ccc(Cl)c(Cl)c2)cc1. The average molecular weight is 419 g/mol. The lowest BCUT2D eigenvalue weighted by molar-refractivity contribution is 0.0444. The second-order valence-corrected chi connectivity index (χ2v) is 6.33. The van der Waals surface area contributed by atoms with Crippen molar-refractivity contribution in [1.82, 2.24) is 0 Å². The van der Waals surface area contributed by atoms with Gasteiger partial charge in [-0.2, -0.15) is 0 Å². The van der Waals surface area contributed by atoms with Crippen molar-refractivity contribution in [3.05, 3.63) is 87.8 Å². The van der Waals surface area contributed by atoms with Crippen LogP contribution in [0.25, 0.3) is 0 Å². The van der Waals surface area contributed by atoms with Gasteiger partial charge in [-0.15, -0.1) is 0 Å². The Balaban J connectivity index is 1.58. The van der Waals surface area contributed by atoms with E-state index < -0.39 is 24.3 Å². The average Bonchev–Trinajstić information content (AvgIpc) is 3.23. The summed E-state index contributed by atoms with van der Waals surface area (Å²) in [5.41, 5.74) is 0.529. The lowest BCUT2D eigenvalue weighted by atomic mass is 10.1. The van der Waals surface area contributed by atoms with Crippen molar-refractivity contribution in [2.45, 2.75) is 0 Å². The van der Waals surface area contributed by atoms with Crippen LogP contribution in [0.2, 0.25) is 10.0 Å². The zero-order valence-corrected chi connectivity index (χ0v) is 15.7. The lowest BCUT2D eigenvalue weighted by Crippen LogP contribution is -2.14. The first-order valence-corrected chi connectivity index (χ1v) is 8.71. The van der Waals surface area contributed by atoms with E-state index in [9.17, 15) is 14.4 Å². The zero-order chi connectivity index (χ0) is 20.1. The second kappa shape index (κ2) is 8.73. The Morgan fingerprint density at radius 1 is 0.857 bits per heavy atom. The largest absolute Gasteiger partial charge is 0.457 e. The van der Waals surface area contributed by atoms with Gasteiger partial charge < -0.3 is 13.9 Å². The van der Waals surface area contributed by atoms with Crippen LogP contribution in [-0.2, 0) is 4.74 Å². The van der Waals surface area contributed by atoms with Gasteiger partial charge in [0.25, 0.3) is 0 Å². The molecule has 8 heteroatoms. The summed E-state index contributed by atoms with van der Waals surface area (Å²) in [5, 5.41) is 0.565. The van der Waals surface area contributed by atoms with Crippen molar-refractivity contribution in [2.24, 2.45) is 0 Å². The zero-order valence-electron chi connectivity index (χ0n) is 14.2. The number of esters is 2.